The largest absolute Gasteiger partial charge is 0.491 e. The van der Waals surface area contributed by atoms with Crippen molar-refractivity contribution in [1.82, 2.24) is 35.1 Å². The normalized spacial score (nSPS) is 10.8. The molecule has 11 nitrogen and oxygen atoms in total. The molecule has 0 saturated carbocycles. The maximum Gasteiger partial charge on any atom is 0.216 e. The molecule has 0 unspecified atom stereocenters. The van der Waals surface area contributed by atoms with E-state index in [9.17, 15) is 4.79 Å². The molecule has 0 aliphatic rings. The van der Waals surface area contributed by atoms with Crippen LogP contribution in [0.1, 0.15) is 40.8 Å². The predicted molar refractivity (Wildman–Crippen MR) is 195 cm³/mol. The van der Waals surface area contributed by atoms with Crippen molar-refractivity contribution in [2.24, 2.45) is 0 Å². The van der Waals surface area contributed by atoms with Gasteiger partial charge >= 0.3 is 0 Å². The van der Waals surface area contributed by atoms with Crippen molar-refractivity contribution in [1.29, 1.82) is 0 Å². The van der Waals surface area contributed by atoms with Crippen LogP contribution in [0.15, 0.2) is 116 Å². The molecule has 4 aromatic heterocycles. The summed E-state index contributed by atoms with van der Waals surface area (Å²) in [7, 11) is 0. The molecule has 4 heterocycles. The van der Waals surface area contributed by atoms with Gasteiger partial charge < -0.3 is 19.5 Å². The van der Waals surface area contributed by atoms with Crippen LogP contribution in [0.5, 0.6) is 5.75 Å². The van der Waals surface area contributed by atoms with Crippen LogP contribution < -0.4 is 10.1 Å². The second-order valence-electron chi connectivity index (χ2n) is 12.1. The van der Waals surface area contributed by atoms with Crippen molar-refractivity contribution in [2.75, 3.05) is 39.6 Å². The standard InChI is InChI=1S/C40H47N7O4.2Zn/c1-33(48)41-18-19-49-20-21-50-22-23-51-40-25-34(27-46(29-36-10-2-6-14-42-36)30-37-11-3-7-15-43-37)24-35(26-40)28-47(31-38-12-4-8-16-44-38)32-39-13-5-9-17-45-39;;/h2-17,24-26H,18-23,27-32H2,1H3,(H,41,48);;. The number of hydrogen-bond acceptors (Lipinski definition) is 10. The Morgan fingerprint density at radius 3 is 1.32 bits per heavy atom. The molecule has 0 atom stereocenters. The first-order valence-corrected chi connectivity index (χ1v) is 17.3. The van der Waals surface area contributed by atoms with Gasteiger partial charge in [0, 0.05) is 116 Å². The molecular weight excluding hydrogens is 773 g/mol. The monoisotopic (exact) mass is 817 g/mol. The van der Waals surface area contributed by atoms with E-state index in [1.54, 1.807) is 0 Å². The third-order valence-corrected chi connectivity index (χ3v) is 7.77. The fourth-order valence-electron chi connectivity index (χ4n) is 5.57. The minimum Gasteiger partial charge on any atom is -0.491 e. The van der Waals surface area contributed by atoms with Crippen LogP contribution in [-0.4, -0.2) is 75.2 Å². The maximum absolute atomic E-state index is 11.0. The molecule has 5 aromatic rings. The van der Waals surface area contributed by atoms with Crippen LogP contribution in [0, 0.1) is 0 Å². The number of pyridine rings is 4. The molecule has 1 N–H and O–H groups in total. The van der Waals surface area contributed by atoms with Crippen molar-refractivity contribution in [3.05, 3.63) is 150 Å². The van der Waals surface area contributed by atoms with Crippen molar-refractivity contribution in [2.45, 2.75) is 46.2 Å². The van der Waals surface area contributed by atoms with Crippen molar-refractivity contribution < 1.29 is 58.0 Å². The van der Waals surface area contributed by atoms with E-state index in [1.165, 1.54) is 6.92 Å². The molecule has 0 spiro atoms. The summed E-state index contributed by atoms with van der Waals surface area (Å²) in [5.74, 6) is 0.714. The van der Waals surface area contributed by atoms with Crippen LogP contribution in [0.25, 0.3) is 0 Å². The zero-order chi connectivity index (χ0) is 35.4. The number of nitrogens with zero attached hydrogens (tertiary/aromatic N) is 6. The van der Waals surface area contributed by atoms with Crippen LogP contribution in [0.4, 0.5) is 0 Å². The summed E-state index contributed by atoms with van der Waals surface area (Å²) in [5.41, 5.74) is 6.23. The SMILES string of the molecule is CC(=O)NCCOCCOCCOc1cc(CN(Cc2ccccn2)Cc2ccccn2)cc(CN(Cc2ccccn2)Cc2ccccn2)c1.[Zn].[Zn]. The molecule has 5 rings (SSSR count). The Hall–Kier alpha value is -3.82. The first kappa shape index (κ1) is 43.6. The van der Waals surface area contributed by atoms with E-state index in [0.717, 1.165) is 39.7 Å². The third kappa shape index (κ3) is 17.2. The summed E-state index contributed by atoms with van der Waals surface area (Å²) >= 11 is 0. The number of nitrogens with one attached hydrogen (secondary N) is 1. The van der Waals surface area contributed by atoms with Gasteiger partial charge in [-0.2, -0.15) is 0 Å². The molecule has 0 aliphatic heterocycles. The first-order valence-electron chi connectivity index (χ1n) is 17.3. The number of rotatable bonds is 22. The Labute approximate surface area is 338 Å². The number of carbonyl (C=O) groups is 1. The average molecular weight is 821 g/mol. The van der Waals surface area contributed by atoms with Crippen LogP contribution in [-0.2, 0) is 92.5 Å². The van der Waals surface area contributed by atoms with E-state index in [4.69, 9.17) is 14.2 Å². The molecule has 13 heteroatoms. The first-order chi connectivity index (χ1) is 25.1. The molecule has 0 radical (unpaired) electrons. The second kappa shape index (κ2) is 25.2. The van der Waals surface area contributed by atoms with Gasteiger partial charge in [0.1, 0.15) is 12.4 Å². The Morgan fingerprint density at radius 1 is 0.547 bits per heavy atom. The topological polar surface area (TPSA) is 115 Å². The van der Waals surface area contributed by atoms with E-state index in [1.807, 2.05) is 73.3 Å². The van der Waals surface area contributed by atoms with E-state index in [2.05, 4.69) is 77.5 Å². The average Bonchev–Trinajstić information content (AvgIpc) is 3.14. The maximum atomic E-state index is 11.0. The van der Waals surface area contributed by atoms with E-state index in [0.29, 0.717) is 78.8 Å². The van der Waals surface area contributed by atoms with Crippen molar-refractivity contribution in [3.63, 3.8) is 0 Å². The van der Waals surface area contributed by atoms with Gasteiger partial charge in [0.25, 0.3) is 0 Å². The Balaban J connectivity index is 0.00000378. The molecule has 270 valence electrons. The quantitative estimate of drug-likeness (QED) is 0.0738. The summed E-state index contributed by atoms with van der Waals surface area (Å²) in [6, 6.07) is 30.5. The van der Waals surface area contributed by atoms with Gasteiger partial charge in [-0.3, -0.25) is 34.5 Å². The number of hydrogen-bond donors (Lipinski definition) is 1. The van der Waals surface area contributed by atoms with Crippen molar-refractivity contribution in [3.8, 4) is 5.75 Å². The van der Waals surface area contributed by atoms with Gasteiger partial charge in [-0.25, -0.2) is 0 Å². The van der Waals surface area contributed by atoms with Gasteiger partial charge in [0.05, 0.1) is 49.2 Å². The van der Waals surface area contributed by atoms with Gasteiger partial charge in [-0.05, 0) is 71.8 Å². The molecule has 53 heavy (non-hydrogen) atoms. The zero-order valence-corrected chi connectivity index (χ0v) is 36.6. The van der Waals surface area contributed by atoms with Crippen LogP contribution >= 0.6 is 0 Å². The summed E-state index contributed by atoms with van der Waals surface area (Å²) in [4.78, 5) is 34.1. The molecular formula is C40H47N7O4Zn2. The van der Waals surface area contributed by atoms with Gasteiger partial charge in [0.15, 0.2) is 0 Å². The third-order valence-electron chi connectivity index (χ3n) is 7.77. The Kier molecular flexibility index (Phi) is 20.8. The Bertz CT molecular complexity index is 1520. The van der Waals surface area contributed by atoms with Gasteiger partial charge in [-0.1, -0.05) is 30.3 Å². The van der Waals surface area contributed by atoms with Gasteiger partial charge in [0.2, 0.25) is 5.91 Å². The minimum absolute atomic E-state index is 0. The van der Waals surface area contributed by atoms with Crippen LogP contribution in [0.2, 0.25) is 0 Å². The van der Waals surface area contributed by atoms with Crippen molar-refractivity contribution >= 4 is 5.91 Å². The number of aromatic nitrogens is 4. The molecule has 1 amide bonds. The molecule has 0 bridgehead atoms. The predicted octanol–water partition coefficient (Wildman–Crippen LogP) is 5.21. The number of carbonyl (C=O) groups excluding carboxylic acids is 1. The smallest absolute Gasteiger partial charge is 0.216 e. The number of amides is 1. The minimum atomic E-state index is -0.0672. The molecule has 0 fully saturated rings. The fourth-order valence-corrected chi connectivity index (χ4v) is 5.57. The fraction of sp³-hybridized carbons (Fsp3) is 0.325. The molecule has 1 aromatic carbocycles. The summed E-state index contributed by atoms with van der Waals surface area (Å²) in [6.07, 6.45) is 7.33. The van der Waals surface area contributed by atoms with Gasteiger partial charge in [-0.15, -0.1) is 0 Å². The van der Waals surface area contributed by atoms with Crippen LogP contribution in [0.3, 0.4) is 0 Å². The molecule has 0 aliphatic carbocycles. The molecule has 0 saturated heterocycles. The number of benzene rings is 1. The summed E-state index contributed by atoms with van der Waals surface area (Å²) < 4.78 is 17.6. The second-order valence-corrected chi connectivity index (χ2v) is 12.1. The van der Waals surface area contributed by atoms with E-state index >= 15 is 0 Å². The zero-order valence-electron chi connectivity index (χ0n) is 30.7. The van der Waals surface area contributed by atoms with E-state index in [-0.39, 0.29) is 44.9 Å². The summed E-state index contributed by atoms with van der Waals surface area (Å²) in [6.45, 7) is 8.16. The Morgan fingerprint density at radius 2 is 0.943 bits per heavy atom. The summed E-state index contributed by atoms with van der Waals surface area (Å²) in [5, 5.41) is 2.71. The van der Waals surface area contributed by atoms with E-state index < -0.39 is 0 Å². The number of ether oxygens (including phenoxy) is 3.